The molecule has 0 bridgehead atoms. The SMILES string of the molecule is CC1OCCC1N=C(N)c1ccccc1. The van der Waals surface area contributed by atoms with Crippen LogP contribution in [0.3, 0.4) is 0 Å². The molecule has 3 nitrogen and oxygen atoms in total. The van der Waals surface area contributed by atoms with E-state index in [2.05, 4.69) is 4.99 Å². The molecule has 0 spiro atoms. The summed E-state index contributed by atoms with van der Waals surface area (Å²) in [6.45, 7) is 2.83. The first-order valence-electron chi connectivity index (χ1n) is 5.27. The molecule has 1 saturated heterocycles. The number of nitrogens with two attached hydrogens (primary N) is 1. The highest BCUT2D eigenvalue weighted by atomic mass is 16.5. The number of amidine groups is 1. The van der Waals surface area contributed by atoms with Crippen LogP contribution in [0, 0.1) is 0 Å². The molecule has 0 saturated carbocycles. The Morgan fingerprint density at radius 3 is 2.73 bits per heavy atom. The van der Waals surface area contributed by atoms with Gasteiger partial charge in [0, 0.05) is 12.2 Å². The van der Waals surface area contributed by atoms with Gasteiger partial charge in [0.1, 0.15) is 5.84 Å². The van der Waals surface area contributed by atoms with Crippen LogP contribution in [0.2, 0.25) is 0 Å². The Balaban J connectivity index is 2.13. The van der Waals surface area contributed by atoms with Gasteiger partial charge in [0.15, 0.2) is 0 Å². The van der Waals surface area contributed by atoms with Gasteiger partial charge in [0.05, 0.1) is 12.1 Å². The molecule has 1 aromatic carbocycles. The molecule has 2 N–H and O–H groups in total. The summed E-state index contributed by atoms with van der Waals surface area (Å²) in [6.07, 6.45) is 1.15. The van der Waals surface area contributed by atoms with E-state index >= 15 is 0 Å². The van der Waals surface area contributed by atoms with E-state index in [0.717, 1.165) is 18.6 Å². The normalized spacial score (nSPS) is 26.9. The molecule has 1 heterocycles. The highest BCUT2D eigenvalue weighted by molar-refractivity contribution is 5.97. The van der Waals surface area contributed by atoms with Gasteiger partial charge in [-0.25, -0.2) is 0 Å². The second-order valence-electron chi connectivity index (χ2n) is 3.81. The lowest BCUT2D eigenvalue weighted by Crippen LogP contribution is -2.22. The van der Waals surface area contributed by atoms with Gasteiger partial charge in [-0.3, -0.25) is 4.99 Å². The molecule has 0 amide bonds. The number of aliphatic imine (C=N–C) groups is 1. The summed E-state index contributed by atoms with van der Waals surface area (Å²) in [7, 11) is 0. The number of rotatable bonds is 2. The third kappa shape index (κ3) is 2.36. The largest absolute Gasteiger partial charge is 0.383 e. The van der Waals surface area contributed by atoms with Gasteiger partial charge < -0.3 is 10.5 Å². The van der Waals surface area contributed by atoms with Gasteiger partial charge in [-0.05, 0) is 13.3 Å². The molecule has 1 aliphatic rings. The molecule has 2 unspecified atom stereocenters. The average molecular weight is 204 g/mol. The van der Waals surface area contributed by atoms with Crippen molar-refractivity contribution in [2.75, 3.05) is 6.61 Å². The van der Waals surface area contributed by atoms with E-state index in [4.69, 9.17) is 10.5 Å². The van der Waals surface area contributed by atoms with E-state index in [1.54, 1.807) is 0 Å². The molecular weight excluding hydrogens is 188 g/mol. The van der Waals surface area contributed by atoms with E-state index in [1.807, 2.05) is 37.3 Å². The fourth-order valence-corrected chi connectivity index (χ4v) is 1.75. The lowest BCUT2D eigenvalue weighted by Gasteiger charge is -2.10. The van der Waals surface area contributed by atoms with Gasteiger partial charge in [-0.15, -0.1) is 0 Å². The molecule has 0 aliphatic carbocycles. The molecule has 1 aromatic rings. The van der Waals surface area contributed by atoms with Crippen molar-refractivity contribution >= 4 is 5.84 Å². The van der Waals surface area contributed by atoms with Crippen LogP contribution in [-0.4, -0.2) is 24.6 Å². The van der Waals surface area contributed by atoms with Gasteiger partial charge in [0.25, 0.3) is 0 Å². The lowest BCUT2D eigenvalue weighted by atomic mass is 10.1. The molecule has 15 heavy (non-hydrogen) atoms. The fraction of sp³-hybridized carbons (Fsp3) is 0.417. The quantitative estimate of drug-likeness (QED) is 0.587. The number of nitrogens with zero attached hydrogens (tertiary/aromatic N) is 1. The standard InChI is InChI=1S/C12H16N2O/c1-9-11(7-8-15-9)14-12(13)10-5-3-2-4-6-10/h2-6,9,11H,7-8H2,1H3,(H2,13,14). The summed E-state index contributed by atoms with van der Waals surface area (Å²) in [5, 5.41) is 0. The van der Waals surface area contributed by atoms with E-state index in [9.17, 15) is 0 Å². The number of benzene rings is 1. The van der Waals surface area contributed by atoms with Crippen LogP contribution in [0.5, 0.6) is 0 Å². The summed E-state index contributed by atoms with van der Waals surface area (Å²) < 4.78 is 5.44. The zero-order valence-electron chi connectivity index (χ0n) is 8.89. The predicted molar refractivity (Wildman–Crippen MR) is 61.0 cm³/mol. The molecule has 1 aliphatic heterocycles. The molecule has 0 radical (unpaired) electrons. The molecule has 2 atom stereocenters. The first-order valence-corrected chi connectivity index (χ1v) is 5.27. The Morgan fingerprint density at radius 1 is 1.40 bits per heavy atom. The van der Waals surface area contributed by atoms with Crippen molar-refractivity contribution in [1.29, 1.82) is 0 Å². The second-order valence-corrected chi connectivity index (χ2v) is 3.81. The number of hydrogen-bond donors (Lipinski definition) is 1. The Hall–Kier alpha value is -1.35. The molecule has 3 heteroatoms. The minimum atomic E-state index is 0.187. The maximum Gasteiger partial charge on any atom is 0.125 e. The van der Waals surface area contributed by atoms with E-state index in [1.165, 1.54) is 0 Å². The van der Waals surface area contributed by atoms with Crippen molar-refractivity contribution in [1.82, 2.24) is 0 Å². The summed E-state index contributed by atoms with van der Waals surface area (Å²) in [5.41, 5.74) is 6.91. The van der Waals surface area contributed by atoms with E-state index in [-0.39, 0.29) is 12.1 Å². The van der Waals surface area contributed by atoms with Crippen molar-refractivity contribution in [3.63, 3.8) is 0 Å². The summed E-state index contributed by atoms with van der Waals surface area (Å²) in [6, 6.07) is 10.1. The predicted octanol–water partition coefficient (Wildman–Crippen LogP) is 1.57. The average Bonchev–Trinajstić information content (AvgIpc) is 2.66. The minimum absolute atomic E-state index is 0.187. The third-order valence-corrected chi connectivity index (χ3v) is 2.71. The smallest absolute Gasteiger partial charge is 0.125 e. The molecule has 0 aromatic heterocycles. The fourth-order valence-electron chi connectivity index (χ4n) is 1.75. The molecular formula is C12H16N2O. The van der Waals surface area contributed by atoms with Crippen molar-refractivity contribution < 1.29 is 4.74 Å². The summed E-state index contributed by atoms with van der Waals surface area (Å²) in [5.74, 6) is 0.609. The van der Waals surface area contributed by atoms with Crippen LogP contribution < -0.4 is 5.73 Å². The van der Waals surface area contributed by atoms with Crippen molar-refractivity contribution in [2.24, 2.45) is 10.7 Å². The van der Waals surface area contributed by atoms with Crippen LogP contribution in [0.1, 0.15) is 18.9 Å². The van der Waals surface area contributed by atoms with Crippen LogP contribution in [0.25, 0.3) is 0 Å². The van der Waals surface area contributed by atoms with Crippen molar-refractivity contribution in [3.05, 3.63) is 35.9 Å². The minimum Gasteiger partial charge on any atom is -0.383 e. The first-order chi connectivity index (χ1) is 7.27. The van der Waals surface area contributed by atoms with Gasteiger partial charge in [-0.1, -0.05) is 30.3 Å². The van der Waals surface area contributed by atoms with Gasteiger partial charge in [-0.2, -0.15) is 0 Å². The zero-order chi connectivity index (χ0) is 10.7. The third-order valence-electron chi connectivity index (χ3n) is 2.71. The Bertz CT molecular complexity index is 348. The van der Waals surface area contributed by atoms with E-state index in [0.29, 0.717) is 5.84 Å². The maximum atomic E-state index is 5.93. The monoisotopic (exact) mass is 204 g/mol. The Morgan fingerprint density at radius 2 is 2.13 bits per heavy atom. The van der Waals surface area contributed by atoms with Gasteiger partial charge >= 0.3 is 0 Å². The van der Waals surface area contributed by atoms with Crippen LogP contribution in [-0.2, 0) is 4.74 Å². The summed E-state index contributed by atoms with van der Waals surface area (Å²) in [4.78, 5) is 4.50. The maximum absolute atomic E-state index is 5.93. The summed E-state index contributed by atoms with van der Waals surface area (Å²) >= 11 is 0. The lowest BCUT2D eigenvalue weighted by molar-refractivity contribution is 0.119. The van der Waals surface area contributed by atoms with Crippen molar-refractivity contribution in [3.8, 4) is 0 Å². The van der Waals surface area contributed by atoms with Crippen molar-refractivity contribution in [2.45, 2.75) is 25.5 Å². The van der Waals surface area contributed by atoms with Gasteiger partial charge in [0.2, 0.25) is 0 Å². The second kappa shape index (κ2) is 4.45. The number of ether oxygens (including phenoxy) is 1. The highest BCUT2D eigenvalue weighted by Crippen LogP contribution is 2.16. The van der Waals surface area contributed by atoms with Crippen LogP contribution >= 0.6 is 0 Å². The Kier molecular flexibility index (Phi) is 3.02. The van der Waals surface area contributed by atoms with E-state index < -0.39 is 0 Å². The molecule has 2 rings (SSSR count). The molecule has 1 fully saturated rings. The number of hydrogen-bond acceptors (Lipinski definition) is 2. The molecule has 80 valence electrons. The highest BCUT2D eigenvalue weighted by Gasteiger charge is 2.23. The van der Waals surface area contributed by atoms with Crippen LogP contribution in [0.15, 0.2) is 35.3 Å². The topological polar surface area (TPSA) is 47.6 Å². The Labute approximate surface area is 90.0 Å². The zero-order valence-corrected chi connectivity index (χ0v) is 8.89. The first kappa shape index (κ1) is 10.2. The van der Waals surface area contributed by atoms with Crippen LogP contribution in [0.4, 0.5) is 0 Å².